The Labute approximate surface area is 105 Å². The molecule has 5 heteroatoms. The Bertz CT molecular complexity index is 456. The van der Waals surface area contributed by atoms with Crippen molar-refractivity contribution in [2.45, 2.75) is 26.7 Å². The smallest absolute Gasteiger partial charge is 0.335 e. The van der Waals surface area contributed by atoms with E-state index >= 15 is 0 Å². The van der Waals surface area contributed by atoms with Crippen LogP contribution in [0.25, 0.3) is 0 Å². The largest absolute Gasteiger partial charge is 0.478 e. The fraction of sp³-hybridized carbons (Fsp3) is 0.385. The van der Waals surface area contributed by atoms with E-state index in [1.807, 2.05) is 13.8 Å². The minimum Gasteiger partial charge on any atom is -0.478 e. The molecule has 98 valence electrons. The van der Waals surface area contributed by atoms with E-state index in [-0.39, 0.29) is 23.1 Å². The van der Waals surface area contributed by atoms with Gasteiger partial charge in [-0.1, -0.05) is 13.8 Å². The summed E-state index contributed by atoms with van der Waals surface area (Å²) in [5.41, 5.74) is -0.134. The number of hydrogen-bond donors (Lipinski definition) is 2. The Morgan fingerprint density at radius 1 is 1.33 bits per heavy atom. The van der Waals surface area contributed by atoms with Gasteiger partial charge >= 0.3 is 5.97 Å². The van der Waals surface area contributed by atoms with E-state index in [0.29, 0.717) is 12.8 Å². The molecule has 0 aromatic heterocycles. The van der Waals surface area contributed by atoms with Gasteiger partial charge in [-0.15, -0.1) is 0 Å². The van der Waals surface area contributed by atoms with Gasteiger partial charge < -0.3 is 10.4 Å². The van der Waals surface area contributed by atoms with Gasteiger partial charge in [0.1, 0.15) is 5.82 Å². The average molecular weight is 253 g/mol. The van der Waals surface area contributed by atoms with E-state index in [1.165, 1.54) is 12.1 Å². The third kappa shape index (κ3) is 3.29. The van der Waals surface area contributed by atoms with Crippen molar-refractivity contribution in [1.29, 1.82) is 0 Å². The summed E-state index contributed by atoms with van der Waals surface area (Å²) in [7, 11) is 0. The van der Waals surface area contributed by atoms with Crippen molar-refractivity contribution in [2.24, 2.45) is 5.92 Å². The second-order valence-electron chi connectivity index (χ2n) is 4.00. The maximum Gasteiger partial charge on any atom is 0.335 e. The number of carbonyl (C=O) groups excluding carboxylic acids is 1. The highest BCUT2D eigenvalue weighted by molar-refractivity contribution is 5.93. The average Bonchev–Trinajstić information content (AvgIpc) is 2.33. The Balaban J connectivity index is 2.86. The molecule has 0 radical (unpaired) electrons. The molecule has 1 aromatic carbocycles. The normalized spacial score (nSPS) is 10.4. The third-order valence-electron chi connectivity index (χ3n) is 2.83. The highest BCUT2D eigenvalue weighted by atomic mass is 19.1. The number of benzene rings is 1. The second kappa shape index (κ2) is 6.14. The summed E-state index contributed by atoms with van der Waals surface area (Å²) in [4.78, 5) is 22.4. The molecular weight excluding hydrogens is 237 g/mol. The van der Waals surface area contributed by atoms with E-state index in [4.69, 9.17) is 5.11 Å². The van der Waals surface area contributed by atoms with Gasteiger partial charge in [-0.3, -0.25) is 4.79 Å². The molecule has 0 atom stereocenters. The highest BCUT2D eigenvalue weighted by Crippen LogP contribution is 2.18. The standard InChI is InChI=1S/C13H16FNO3/c1-3-8(4-2)12(16)15-11-6-5-9(13(17)18)7-10(11)14/h5-8H,3-4H2,1-2H3,(H,15,16)(H,17,18). The van der Waals surface area contributed by atoms with Crippen molar-refractivity contribution >= 4 is 17.6 Å². The summed E-state index contributed by atoms with van der Waals surface area (Å²) in [5.74, 6) is -2.36. The molecule has 2 N–H and O–H groups in total. The summed E-state index contributed by atoms with van der Waals surface area (Å²) in [6, 6.07) is 3.41. The van der Waals surface area contributed by atoms with Gasteiger partial charge in [0.05, 0.1) is 11.3 Å². The summed E-state index contributed by atoms with van der Waals surface area (Å²) < 4.78 is 13.6. The number of hydrogen-bond acceptors (Lipinski definition) is 2. The molecule has 0 aliphatic heterocycles. The van der Waals surface area contributed by atoms with Crippen molar-refractivity contribution in [1.82, 2.24) is 0 Å². The van der Waals surface area contributed by atoms with Crippen LogP contribution in [0.5, 0.6) is 0 Å². The van der Waals surface area contributed by atoms with E-state index in [2.05, 4.69) is 5.32 Å². The lowest BCUT2D eigenvalue weighted by Gasteiger charge is -2.13. The van der Waals surface area contributed by atoms with Crippen LogP contribution in [0.3, 0.4) is 0 Å². The van der Waals surface area contributed by atoms with Crippen molar-refractivity contribution in [3.8, 4) is 0 Å². The molecule has 0 aliphatic rings. The quantitative estimate of drug-likeness (QED) is 0.847. The Morgan fingerprint density at radius 2 is 1.94 bits per heavy atom. The monoisotopic (exact) mass is 253 g/mol. The van der Waals surface area contributed by atoms with Crippen LogP contribution in [0, 0.1) is 11.7 Å². The van der Waals surface area contributed by atoms with Crippen molar-refractivity contribution in [3.63, 3.8) is 0 Å². The first-order valence-corrected chi connectivity index (χ1v) is 5.83. The van der Waals surface area contributed by atoms with Crippen LogP contribution in [0.2, 0.25) is 0 Å². The highest BCUT2D eigenvalue weighted by Gasteiger charge is 2.16. The zero-order valence-corrected chi connectivity index (χ0v) is 10.4. The minimum absolute atomic E-state index is 0.0110. The topological polar surface area (TPSA) is 66.4 Å². The van der Waals surface area contributed by atoms with Gasteiger partial charge in [0.25, 0.3) is 0 Å². The van der Waals surface area contributed by atoms with Gasteiger partial charge in [0.15, 0.2) is 0 Å². The minimum atomic E-state index is -1.20. The molecule has 0 saturated heterocycles. The number of carbonyl (C=O) groups is 2. The van der Waals surface area contributed by atoms with E-state index < -0.39 is 11.8 Å². The predicted molar refractivity (Wildman–Crippen MR) is 66.1 cm³/mol. The lowest BCUT2D eigenvalue weighted by molar-refractivity contribution is -0.120. The summed E-state index contributed by atoms with van der Waals surface area (Å²) in [6.45, 7) is 3.77. The maximum absolute atomic E-state index is 13.6. The first-order valence-electron chi connectivity index (χ1n) is 5.83. The molecule has 0 spiro atoms. The molecule has 0 fully saturated rings. The van der Waals surface area contributed by atoms with Crippen LogP contribution in [0.1, 0.15) is 37.0 Å². The molecule has 1 amide bonds. The Morgan fingerprint density at radius 3 is 2.39 bits per heavy atom. The summed E-state index contributed by atoms with van der Waals surface area (Å²) in [5, 5.41) is 11.2. The van der Waals surface area contributed by atoms with Gasteiger partial charge in [-0.2, -0.15) is 0 Å². The van der Waals surface area contributed by atoms with Crippen molar-refractivity contribution < 1.29 is 19.1 Å². The molecule has 1 aromatic rings. The number of anilines is 1. The van der Waals surface area contributed by atoms with Crippen LogP contribution in [-0.2, 0) is 4.79 Å². The number of rotatable bonds is 5. The fourth-order valence-corrected chi connectivity index (χ4v) is 1.64. The lowest BCUT2D eigenvalue weighted by Crippen LogP contribution is -2.22. The number of carboxylic acid groups (broad SMARTS) is 1. The molecule has 0 unspecified atom stereocenters. The first kappa shape index (κ1) is 14.2. The molecule has 0 aliphatic carbocycles. The second-order valence-corrected chi connectivity index (χ2v) is 4.00. The number of halogens is 1. The first-order chi connectivity index (χ1) is 8.49. The van der Waals surface area contributed by atoms with Gasteiger partial charge in [0, 0.05) is 5.92 Å². The van der Waals surface area contributed by atoms with Crippen LogP contribution in [0.15, 0.2) is 18.2 Å². The molecule has 0 heterocycles. The van der Waals surface area contributed by atoms with Gasteiger partial charge in [0.2, 0.25) is 5.91 Å². The SMILES string of the molecule is CCC(CC)C(=O)Nc1ccc(C(=O)O)cc1F. The molecule has 1 rings (SSSR count). The number of aromatic carboxylic acids is 1. The zero-order valence-electron chi connectivity index (χ0n) is 10.4. The third-order valence-corrected chi connectivity index (χ3v) is 2.83. The molecular formula is C13H16FNO3. The van der Waals surface area contributed by atoms with Crippen LogP contribution in [0.4, 0.5) is 10.1 Å². The Kier molecular flexibility index (Phi) is 4.83. The number of amides is 1. The molecule has 18 heavy (non-hydrogen) atoms. The zero-order chi connectivity index (χ0) is 13.7. The summed E-state index contributed by atoms with van der Waals surface area (Å²) >= 11 is 0. The Hall–Kier alpha value is -1.91. The molecule has 4 nitrogen and oxygen atoms in total. The van der Waals surface area contributed by atoms with Crippen LogP contribution < -0.4 is 5.32 Å². The fourth-order valence-electron chi connectivity index (χ4n) is 1.64. The van der Waals surface area contributed by atoms with Gasteiger partial charge in [-0.25, -0.2) is 9.18 Å². The van der Waals surface area contributed by atoms with Crippen molar-refractivity contribution in [2.75, 3.05) is 5.32 Å². The summed E-state index contributed by atoms with van der Waals surface area (Å²) in [6.07, 6.45) is 1.36. The van der Waals surface area contributed by atoms with Crippen LogP contribution in [-0.4, -0.2) is 17.0 Å². The maximum atomic E-state index is 13.6. The predicted octanol–water partition coefficient (Wildman–Crippen LogP) is 2.90. The number of carboxylic acids is 1. The van der Waals surface area contributed by atoms with Crippen molar-refractivity contribution in [3.05, 3.63) is 29.6 Å². The van der Waals surface area contributed by atoms with E-state index in [9.17, 15) is 14.0 Å². The molecule has 0 bridgehead atoms. The lowest BCUT2D eigenvalue weighted by atomic mass is 10.0. The van der Waals surface area contributed by atoms with E-state index in [1.54, 1.807) is 0 Å². The number of nitrogens with one attached hydrogen (secondary N) is 1. The van der Waals surface area contributed by atoms with Gasteiger partial charge in [-0.05, 0) is 31.0 Å². The van der Waals surface area contributed by atoms with Crippen LogP contribution >= 0.6 is 0 Å². The molecule has 0 saturated carbocycles. The van der Waals surface area contributed by atoms with E-state index in [0.717, 1.165) is 6.07 Å².